The Hall–Kier alpha value is -2.22. The maximum absolute atomic E-state index is 14.1. The molecule has 0 amide bonds. The highest BCUT2D eigenvalue weighted by atomic mass is 79.9. The topological polar surface area (TPSA) is 52.0 Å². The average molecular weight is 582 g/mol. The predicted molar refractivity (Wildman–Crippen MR) is 154 cm³/mol. The number of thioether (sulfide) groups is 1. The zero-order chi connectivity index (χ0) is 25.6. The fraction of sp³-hybridized carbons (Fsp3) is 0.345. The summed E-state index contributed by atoms with van der Waals surface area (Å²) in [5.74, 6) is 0.813. The molecule has 0 spiro atoms. The summed E-state index contributed by atoms with van der Waals surface area (Å²) in [7, 11) is 0. The number of nitrogens with zero attached hydrogens (tertiary/aromatic N) is 2. The van der Waals surface area contributed by atoms with Crippen molar-refractivity contribution in [2.45, 2.75) is 52.1 Å². The molecule has 4 aromatic rings. The third-order valence-electron chi connectivity index (χ3n) is 7.04. The lowest BCUT2D eigenvalue weighted by molar-refractivity contribution is 0.102. The second-order valence-corrected chi connectivity index (χ2v) is 13.5. The van der Waals surface area contributed by atoms with Gasteiger partial charge in [0.15, 0.2) is 10.9 Å². The number of ketones is 1. The first-order valence-corrected chi connectivity index (χ1v) is 14.8. The number of fused-ring (bicyclic) bond motifs is 3. The average Bonchev–Trinajstić information content (AvgIpc) is 3.20. The Morgan fingerprint density at radius 2 is 1.94 bits per heavy atom. The first kappa shape index (κ1) is 25.4. The number of Topliss-reactive ketones (excluding diaryl/α,β-unsaturated/α-hetero) is 1. The lowest BCUT2D eigenvalue weighted by Gasteiger charge is -2.33. The van der Waals surface area contributed by atoms with Crippen molar-refractivity contribution in [2.75, 3.05) is 5.75 Å². The van der Waals surface area contributed by atoms with Crippen molar-refractivity contribution in [1.29, 1.82) is 0 Å². The summed E-state index contributed by atoms with van der Waals surface area (Å²) in [5, 5.41) is 1.32. The molecule has 2 aromatic carbocycles. The van der Waals surface area contributed by atoms with Gasteiger partial charge in [-0.1, -0.05) is 72.7 Å². The molecule has 1 aliphatic carbocycles. The quantitative estimate of drug-likeness (QED) is 0.138. The van der Waals surface area contributed by atoms with Crippen molar-refractivity contribution < 1.29 is 4.79 Å². The lowest BCUT2D eigenvalue weighted by atomic mass is 9.72. The van der Waals surface area contributed by atoms with Crippen LogP contribution in [-0.4, -0.2) is 21.1 Å². The third-order valence-corrected chi connectivity index (χ3v) is 9.65. The zero-order valence-electron chi connectivity index (χ0n) is 20.9. The molecule has 4 nitrogen and oxygen atoms in total. The van der Waals surface area contributed by atoms with Crippen molar-refractivity contribution in [3.63, 3.8) is 0 Å². The van der Waals surface area contributed by atoms with E-state index in [0.717, 1.165) is 45.2 Å². The van der Waals surface area contributed by atoms with Crippen molar-refractivity contribution in [3.8, 4) is 5.69 Å². The number of rotatable bonds is 5. The molecule has 36 heavy (non-hydrogen) atoms. The van der Waals surface area contributed by atoms with Crippen molar-refractivity contribution >= 4 is 55.0 Å². The summed E-state index contributed by atoms with van der Waals surface area (Å²) in [6.45, 7) is 8.92. The van der Waals surface area contributed by atoms with E-state index < -0.39 is 0 Å². The number of halogens is 1. The van der Waals surface area contributed by atoms with E-state index in [9.17, 15) is 9.59 Å². The van der Waals surface area contributed by atoms with Crippen molar-refractivity contribution in [2.24, 2.45) is 11.3 Å². The number of aromatic nitrogens is 2. The molecule has 0 N–H and O–H groups in total. The SMILES string of the molecule is Cc1cccc(-n2c(SCC(=O)c3ccc(Br)cc3)nc3sc4c(c3c2=O)CC[C@@H](C(C)(C)C)C4)c1. The molecular weight excluding hydrogens is 552 g/mol. The molecule has 0 bridgehead atoms. The van der Waals surface area contributed by atoms with Crippen LogP contribution >= 0.6 is 39.0 Å². The number of thiophene rings is 1. The van der Waals surface area contributed by atoms with Gasteiger partial charge in [-0.05, 0) is 72.9 Å². The molecule has 186 valence electrons. The molecule has 0 saturated carbocycles. The molecule has 2 heterocycles. The summed E-state index contributed by atoms with van der Waals surface area (Å²) < 4.78 is 2.64. The smallest absolute Gasteiger partial charge is 0.267 e. The van der Waals surface area contributed by atoms with Crippen LogP contribution in [0.4, 0.5) is 0 Å². The highest BCUT2D eigenvalue weighted by Crippen LogP contribution is 2.42. The number of aryl methyl sites for hydroxylation is 2. The number of hydrogen-bond donors (Lipinski definition) is 0. The fourth-order valence-electron chi connectivity index (χ4n) is 4.89. The number of carbonyl (C=O) groups excluding carboxylic acids is 1. The molecule has 1 atom stereocenters. The second kappa shape index (κ2) is 9.92. The first-order valence-electron chi connectivity index (χ1n) is 12.2. The van der Waals surface area contributed by atoms with Gasteiger partial charge in [-0.25, -0.2) is 4.98 Å². The number of benzene rings is 2. The van der Waals surface area contributed by atoms with Crippen LogP contribution in [0, 0.1) is 18.3 Å². The van der Waals surface area contributed by atoms with E-state index >= 15 is 0 Å². The maximum Gasteiger partial charge on any atom is 0.267 e. The van der Waals surface area contributed by atoms with Gasteiger partial charge in [0, 0.05) is 14.9 Å². The van der Waals surface area contributed by atoms with E-state index in [-0.39, 0.29) is 22.5 Å². The third kappa shape index (κ3) is 4.98. The number of hydrogen-bond acceptors (Lipinski definition) is 5. The van der Waals surface area contributed by atoms with E-state index in [1.165, 1.54) is 22.2 Å². The van der Waals surface area contributed by atoms with Crippen LogP contribution in [0.15, 0.2) is 63.0 Å². The maximum atomic E-state index is 14.1. The van der Waals surface area contributed by atoms with E-state index in [0.29, 0.717) is 16.6 Å². The molecular formula is C29H29BrN2O2S2. The van der Waals surface area contributed by atoms with Gasteiger partial charge in [-0.2, -0.15) is 0 Å². The van der Waals surface area contributed by atoms with Crippen LogP contribution in [0.1, 0.15) is 53.6 Å². The lowest BCUT2D eigenvalue weighted by Crippen LogP contribution is -2.27. The highest BCUT2D eigenvalue weighted by molar-refractivity contribution is 9.10. The van der Waals surface area contributed by atoms with Gasteiger partial charge in [0.1, 0.15) is 4.83 Å². The Morgan fingerprint density at radius 1 is 1.19 bits per heavy atom. The van der Waals surface area contributed by atoms with Crippen LogP contribution in [0.2, 0.25) is 0 Å². The molecule has 7 heteroatoms. The Bertz CT molecular complexity index is 1510. The standard InChI is InChI=1S/C29H29BrN2O2S2/c1-17-6-5-7-21(14-17)32-27(34)25-22-13-10-19(29(2,3)4)15-24(22)36-26(25)31-28(32)35-16-23(33)18-8-11-20(30)12-9-18/h5-9,11-12,14,19H,10,13,15-16H2,1-4H3/t19-/m1/s1. The molecule has 2 aromatic heterocycles. The molecule has 5 rings (SSSR count). The van der Waals surface area contributed by atoms with Gasteiger partial charge in [0.05, 0.1) is 16.8 Å². The van der Waals surface area contributed by atoms with Gasteiger partial charge in [-0.15, -0.1) is 11.3 Å². The molecule has 0 radical (unpaired) electrons. The fourth-order valence-corrected chi connectivity index (χ4v) is 7.40. The van der Waals surface area contributed by atoms with Gasteiger partial charge in [0.25, 0.3) is 5.56 Å². The summed E-state index contributed by atoms with van der Waals surface area (Å²) in [6.07, 6.45) is 3.00. The van der Waals surface area contributed by atoms with Gasteiger partial charge < -0.3 is 0 Å². The predicted octanol–water partition coefficient (Wildman–Crippen LogP) is 7.64. The van der Waals surface area contributed by atoms with Gasteiger partial charge in [-0.3, -0.25) is 14.2 Å². The molecule has 0 aliphatic heterocycles. The normalized spacial score (nSPS) is 15.8. The van der Waals surface area contributed by atoms with Gasteiger partial charge in [0.2, 0.25) is 0 Å². The van der Waals surface area contributed by atoms with Crippen molar-refractivity contribution in [3.05, 3.63) is 84.9 Å². The van der Waals surface area contributed by atoms with Crippen LogP contribution in [0.25, 0.3) is 15.9 Å². The largest absolute Gasteiger partial charge is 0.293 e. The Balaban J connectivity index is 1.59. The molecule has 0 saturated heterocycles. The van der Waals surface area contributed by atoms with E-state index in [1.807, 2.05) is 55.5 Å². The molecule has 0 unspecified atom stereocenters. The first-order chi connectivity index (χ1) is 17.1. The van der Waals surface area contributed by atoms with E-state index in [1.54, 1.807) is 15.9 Å². The summed E-state index contributed by atoms with van der Waals surface area (Å²) >= 11 is 6.41. The Labute approximate surface area is 228 Å². The second-order valence-electron chi connectivity index (χ2n) is 10.6. The Morgan fingerprint density at radius 3 is 2.64 bits per heavy atom. The van der Waals surface area contributed by atoms with Crippen LogP contribution in [0.3, 0.4) is 0 Å². The van der Waals surface area contributed by atoms with Gasteiger partial charge >= 0.3 is 0 Å². The highest BCUT2D eigenvalue weighted by Gasteiger charge is 2.32. The van der Waals surface area contributed by atoms with Crippen LogP contribution in [-0.2, 0) is 12.8 Å². The van der Waals surface area contributed by atoms with Crippen LogP contribution < -0.4 is 5.56 Å². The summed E-state index contributed by atoms with van der Waals surface area (Å²) in [4.78, 5) is 34.1. The zero-order valence-corrected chi connectivity index (χ0v) is 24.1. The summed E-state index contributed by atoms with van der Waals surface area (Å²) in [6, 6.07) is 15.3. The number of carbonyl (C=O) groups is 1. The minimum Gasteiger partial charge on any atom is -0.293 e. The molecule has 0 fully saturated rings. The monoisotopic (exact) mass is 580 g/mol. The minimum absolute atomic E-state index is 0.0103. The Kier molecular flexibility index (Phi) is 7.01. The minimum atomic E-state index is -0.0316. The van der Waals surface area contributed by atoms with E-state index in [2.05, 4.69) is 36.7 Å². The summed E-state index contributed by atoms with van der Waals surface area (Å²) in [5.41, 5.74) is 3.89. The molecule has 1 aliphatic rings. The van der Waals surface area contributed by atoms with Crippen molar-refractivity contribution in [1.82, 2.24) is 9.55 Å². The van der Waals surface area contributed by atoms with Crippen LogP contribution in [0.5, 0.6) is 0 Å². The van der Waals surface area contributed by atoms with E-state index in [4.69, 9.17) is 4.98 Å².